The van der Waals surface area contributed by atoms with Crippen molar-refractivity contribution >= 4 is 23.3 Å². The Morgan fingerprint density at radius 1 is 1.36 bits per heavy atom. The number of carbonyl (C=O) groups is 1. The second kappa shape index (κ2) is 6.83. The summed E-state index contributed by atoms with van der Waals surface area (Å²) in [5.41, 5.74) is 1.50. The number of nitrogens with one attached hydrogen (secondary N) is 1. The molecule has 112 valence electrons. The number of urea groups is 1. The highest BCUT2D eigenvalue weighted by Gasteiger charge is 2.12. The van der Waals surface area contributed by atoms with Crippen molar-refractivity contribution in [1.29, 1.82) is 5.26 Å². The van der Waals surface area contributed by atoms with Crippen LogP contribution in [0.15, 0.2) is 42.5 Å². The summed E-state index contributed by atoms with van der Waals surface area (Å²) in [6, 6.07) is 13.1. The average Bonchev–Trinajstić information content (AvgIpc) is 2.49. The predicted octanol–water partition coefficient (Wildman–Crippen LogP) is 3.58. The molecular weight excluding hydrogens is 302 g/mol. The van der Waals surface area contributed by atoms with E-state index < -0.39 is 0 Å². The van der Waals surface area contributed by atoms with Gasteiger partial charge in [0.1, 0.15) is 11.8 Å². The maximum atomic E-state index is 12.1. The number of halogens is 1. The van der Waals surface area contributed by atoms with Crippen molar-refractivity contribution in [1.82, 2.24) is 4.90 Å². The summed E-state index contributed by atoms with van der Waals surface area (Å²) in [5, 5.41) is 21.5. The number of nitrogens with zero attached hydrogens (tertiary/aromatic N) is 2. The van der Waals surface area contributed by atoms with Gasteiger partial charge in [0.25, 0.3) is 0 Å². The molecule has 0 spiro atoms. The number of phenolic OH excluding ortho intramolecular Hbond substituents is 1. The van der Waals surface area contributed by atoms with Gasteiger partial charge in [-0.15, -0.1) is 0 Å². The monoisotopic (exact) mass is 315 g/mol. The first kappa shape index (κ1) is 15.7. The van der Waals surface area contributed by atoms with Crippen LogP contribution >= 0.6 is 11.6 Å². The fourth-order valence-electron chi connectivity index (χ4n) is 1.87. The van der Waals surface area contributed by atoms with Crippen LogP contribution in [0.2, 0.25) is 5.02 Å². The smallest absolute Gasteiger partial charge is 0.321 e. The average molecular weight is 316 g/mol. The number of rotatable bonds is 3. The van der Waals surface area contributed by atoms with Crippen LogP contribution in [0.3, 0.4) is 0 Å². The van der Waals surface area contributed by atoms with Gasteiger partial charge in [-0.1, -0.05) is 29.8 Å². The van der Waals surface area contributed by atoms with Gasteiger partial charge in [0.15, 0.2) is 0 Å². The lowest BCUT2D eigenvalue weighted by molar-refractivity contribution is 0.220. The Kier molecular flexibility index (Phi) is 4.87. The normalized spacial score (nSPS) is 9.86. The lowest BCUT2D eigenvalue weighted by Crippen LogP contribution is -2.30. The van der Waals surface area contributed by atoms with E-state index in [0.29, 0.717) is 16.8 Å². The van der Waals surface area contributed by atoms with Gasteiger partial charge in [-0.25, -0.2) is 4.79 Å². The second-order valence-corrected chi connectivity index (χ2v) is 5.13. The van der Waals surface area contributed by atoms with Crippen molar-refractivity contribution in [2.24, 2.45) is 0 Å². The van der Waals surface area contributed by atoms with Gasteiger partial charge in [0, 0.05) is 18.3 Å². The summed E-state index contributed by atoms with van der Waals surface area (Å²) in [7, 11) is 1.62. The lowest BCUT2D eigenvalue weighted by Gasteiger charge is -2.18. The summed E-state index contributed by atoms with van der Waals surface area (Å²) in [5.74, 6) is 0.142. The molecule has 0 atom stereocenters. The number of amides is 2. The fourth-order valence-corrected chi connectivity index (χ4v) is 2.10. The minimum atomic E-state index is -0.343. The first-order chi connectivity index (χ1) is 10.5. The van der Waals surface area contributed by atoms with Crippen LogP contribution < -0.4 is 5.32 Å². The van der Waals surface area contributed by atoms with Crippen LogP contribution in [0, 0.1) is 11.3 Å². The Morgan fingerprint density at radius 2 is 2.09 bits per heavy atom. The van der Waals surface area contributed by atoms with E-state index in [1.807, 2.05) is 6.07 Å². The largest absolute Gasteiger partial charge is 0.508 e. The molecule has 5 nitrogen and oxygen atoms in total. The summed E-state index contributed by atoms with van der Waals surface area (Å²) < 4.78 is 0. The molecule has 2 rings (SSSR count). The molecule has 0 aromatic heterocycles. The number of para-hydroxylation sites is 1. The zero-order valence-corrected chi connectivity index (χ0v) is 12.6. The zero-order chi connectivity index (χ0) is 16.1. The van der Waals surface area contributed by atoms with Crippen molar-refractivity contribution in [3.63, 3.8) is 0 Å². The maximum absolute atomic E-state index is 12.1. The molecule has 0 unspecified atom stereocenters. The Bertz CT molecular complexity index is 740. The first-order valence-corrected chi connectivity index (χ1v) is 6.87. The number of nitriles is 1. The van der Waals surface area contributed by atoms with E-state index >= 15 is 0 Å². The molecule has 2 aromatic carbocycles. The molecule has 0 saturated carbocycles. The second-order valence-electron chi connectivity index (χ2n) is 4.72. The van der Waals surface area contributed by atoms with Crippen molar-refractivity contribution in [3.05, 3.63) is 58.6 Å². The van der Waals surface area contributed by atoms with E-state index in [1.54, 1.807) is 43.4 Å². The van der Waals surface area contributed by atoms with Crippen molar-refractivity contribution < 1.29 is 9.90 Å². The highest BCUT2D eigenvalue weighted by molar-refractivity contribution is 6.32. The summed E-state index contributed by atoms with van der Waals surface area (Å²) >= 11 is 5.92. The van der Waals surface area contributed by atoms with Crippen molar-refractivity contribution in [2.75, 3.05) is 12.4 Å². The Hall–Kier alpha value is -2.71. The minimum Gasteiger partial charge on any atom is -0.508 e. The topological polar surface area (TPSA) is 76.4 Å². The number of phenols is 1. The maximum Gasteiger partial charge on any atom is 0.321 e. The molecule has 22 heavy (non-hydrogen) atoms. The molecule has 0 aliphatic carbocycles. The number of benzene rings is 2. The summed E-state index contributed by atoms with van der Waals surface area (Å²) in [6.07, 6.45) is 0. The number of carbonyl (C=O) groups excluding carboxylic acids is 1. The minimum absolute atomic E-state index is 0.142. The Labute approximate surface area is 133 Å². The van der Waals surface area contributed by atoms with Gasteiger partial charge < -0.3 is 15.3 Å². The SMILES string of the molecule is CN(Cc1ccccc1O)C(=O)Nc1ccc(C#N)c(Cl)c1. The molecule has 0 radical (unpaired) electrons. The molecule has 2 N–H and O–H groups in total. The van der Waals surface area contributed by atoms with Crippen LogP contribution in [0.4, 0.5) is 10.5 Å². The summed E-state index contributed by atoms with van der Waals surface area (Å²) in [6.45, 7) is 0.266. The van der Waals surface area contributed by atoms with Gasteiger partial charge in [-0.2, -0.15) is 5.26 Å². The van der Waals surface area contributed by atoms with E-state index in [-0.39, 0.29) is 23.3 Å². The van der Waals surface area contributed by atoms with Crippen molar-refractivity contribution in [3.8, 4) is 11.8 Å². The molecule has 0 fully saturated rings. The van der Waals surface area contributed by atoms with Crippen LogP contribution in [0.25, 0.3) is 0 Å². The molecule has 0 bridgehead atoms. The molecule has 6 heteroatoms. The van der Waals surface area contributed by atoms with Gasteiger partial charge in [0.05, 0.1) is 17.1 Å². The third-order valence-electron chi connectivity index (χ3n) is 3.09. The Balaban J connectivity index is 2.04. The first-order valence-electron chi connectivity index (χ1n) is 6.50. The van der Waals surface area contributed by atoms with Crippen LogP contribution in [0.5, 0.6) is 5.75 Å². The van der Waals surface area contributed by atoms with E-state index in [9.17, 15) is 9.90 Å². The van der Waals surface area contributed by atoms with Gasteiger partial charge >= 0.3 is 6.03 Å². The van der Waals surface area contributed by atoms with Crippen LogP contribution in [-0.2, 0) is 6.54 Å². The highest BCUT2D eigenvalue weighted by atomic mass is 35.5. The highest BCUT2D eigenvalue weighted by Crippen LogP contribution is 2.21. The molecule has 0 aliphatic rings. The number of anilines is 1. The zero-order valence-electron chi connectivity index (χ0n) is 11.9. The Morgan fingerprint density at radius 3 is 2.73 bits per heavy atom. The molecule has 2 aromatic rings. The quantitative estimate of drug-likeness (QED) is 0.909. The molecular formula is C16H14ClN3O2. The van der Waals surface area contributed by atoms with Gasteiger partial charge in [-0.3, -0.25) is 0 Å². The van der Waals surface area contributed by atoms with Gasteiger partial charge in [-0.05, 0) is 24.3 Å². The summed E-state index contributed by atoms with van der Waals surface area (Å²) in [4.78, 5) is 13.6. The molecule has 2 amide bonds. The van der Waals surface area contributed by atoms with Crippen LogP contribution in [0.1, 0.15) is 11.1 Å². The van der Waals surface area contributed by atoms with E-state index in [4.69, 9.17) is 16.9 Å². The third-order valence-corrected chi connectivity index (χ3v) is 3.40. The van der Waals surface area contributed by atoms with Crippen molar-refractivity contribution in [2.45, 2.75) is 6.54 Å². The van der Waals surface area contributed by atoms with E-state index in [1.165, 1.54) is 11.0 Å². The molecule has 0 aliphatic heterocycles. The van der Waals surface area contributed by atoms with Gasteiger partial charge in [0.2, 0.25) is 0 Å². The van der Waals surface area contributed by atoms with E-state index in [0.717, 1.165) is 0 Å². The standard InChI is InChI=1S/C16H14ClN3O2/c1-20(10-12-4-2-3-5-15(12)21)16(22)19-13-7-6-11(9-18)14(17)8-13/h2-8,21H,10H2,1H3,(H,19,22). The number of hydrogen-bond donors (Lipinski definition) is 2. The van der Waals surface area contributed by atoms with E-state index in [2.05, 4.69) is 5.32 Å². The van der Waals surface area contributed by atoms with Crippen LogP contribution in [-0.4, -0.2) is 23.1 Å². The molecule has 0 heterocycles. The number of hydrogen-bond acceptors (Lipinski definition) is 3. The fraction of sp³-hybridized carbons (Fsp3) is 0.125. The predicted molar refractivity (Wildman–Crippen MR) is 84.8 cm³/mol. The lowest BCUT2D eigenvalue weighted by atomic mass is 10.2. The number of aromatic hydroxyl groups is 1. The molecule has 0 saturated heterocycles. The third kappa shape index (κ3) is 3.68.